The zero-order valence-corrected chi connectivity index (χ0v) is 12.9. The van der Waals surface area contributed by atoms with Crippen LogP contribution in [0, 0.1) is 33.1 Å². The van der Waals surface area contributed by atoms with Crippen molar-refractivity contribution in [3.63, 3.8) is 0 Å². The van der Waals surface area contributed by atoms with E-state index in [1.54, 1.807) is 0 Å². The zero-order chi connectivity index (χ0) is 14.0. The highest BCUT2D eigenvalue weighted by molar-refractivity contribution is 7.80. The van der Waals surface area contributed by atoms with Gasteiger partial charge in [0.15, 0.2) is 0 Å². The van der Waals surface area contributed by atoms with Crippen molar-refractivity contribution in [1.82, 2.24) is 5.32 Å². The summed E-state index contributed by atoms with van der Waals surface area (Å²) in [5, 5.41) is 3.40. The summed E-state index contributed by atoms with van der Waals surface area (Å²) in [6.45, 7) is 10.7. The van der Waals surface area contributed by atoms with Gasteiger partial charge in [-0.1, -0.05) is 0 Å². The Labute approximate surface area is 122 Å². The molecule has 1 fully saturated rings. The topological polar surface area (TPSA) is 15.3 Å². The van der Waals surface area contributed by atoms with E-state index in [2.05, 4.69) is 36.9 Å². The molecule has 102 valence electrons. The van der Waals surface area contributed by atoms with Crippen LogP contribution in [0.1, 0.15) is 22.3 Å². The van der Waals surface area contributed by atoms with Gasteiger partial charge in [-0.25, -0.2) is 0 Å². The van der Waals surface area contributed by atoms with Crippen molar-refractivity contribution in [2.24, 2.45) is 0 Å². The number of piperazine rings is 1. The number of hydrogen-bond acceptors (Lipinski definition) is 3. The second-order valence-electron chi connectivity index (χ2n) is 5.17. The Hall–Kier alpha value is -1.11. The second kappa shape index (κ2) is 5.90. The van der Waals surface area contributed by atoms with Gasteiger partial charge in [0.25, 0.3) is 0 Å². The third kappa shape index (κ3) is 2.61. The van der Waals surface area contributed by atoms with Crippen LogP contribution in [0.5, 0.6) is 0 Å². The van der Waals surface area contributed by atoms with Gasteiger partial charge in [-0.2, -0.15) is 0 Å². The Kier molecular flexibility index (Phi) is 4.44. The van der Waals surface area contributed by atoms with Crippen LogP contribution in [0.2, 0.25) is 0 Å². The maximum atomic E-state index is 5.52. The molecule has 1 aliphatic heterocycles. The van der Waals surface area contributed by atoms with E-state index in [9.17, 15) is 0 Å². The van der Waals surface area contributed by atoms with Crippen LogP contribution in [-0.2, 0) is 6.42 Å². The number of benzene rings is 1. The van der Waals surface area contributed by atoms with Gasteiger partial charge in [0.1, 0.15) is 0 Å². The second-order valence-corrected chi connectivity index (χ2v) is 5.62. The summed E-state index contributed by atoms with van der Waals surface area (Å²) in [6, 6.07) is 0. The fourth-order valence-corrected chi connectivity index (χ4v) is 3.21. The molecule has 2 rings (SSSR count). The lowest BCUT2D eigenvalue weighted by atomic mass is 9.94. The van der Waals surface area contributed by atoms with E-state index in [4.69, 9.17) is 19.1 Å². The Balaban J connectivity index is 2.56. The first kappa shape index (κ1) is 14.3. The van der Waals surface area contributed by atoms with E-state index in [-0.39, 0.29) is 0 Å². The van der Waals surface area contributed by atoms with Gasteiger partial charge >= 0.3 is 0 Å². The summed E-state index contributed by atoms with van der Waals surface area (Å²) in [5.41, 5.74) is 6.44. The molecule has 19 heavy (non-hydrogen) atoms. The molecule has 0 aliphatic carbocycles. The van der Waals surface area contributed by atoms with Crippen molar-refractivity contribution < 1.29 is 0 Å². The molecule has 0 spiro atoms. The summed E-state index contributed by atoms with van der Waals surface area (Å²) in [5.74, 6) is 2.78. The molecule has 1 heterocycles. The minimum Gasteiger partial charge on any atom is -0.369 e. The minimum atomic E-state index is 0.685. The van der Waals surface area contributed by atoms with Gasteiger partial charge < -0.3 is 10.2 Å². The zero-order valence-electron chi connectivity index (χ0n) is 12.0. The molecule has 0 atom stereocenters. The molecule has 0 amide bonds. The van der Waals surface area contributed by atoms with E-state index in [0.29, 0.717) is 6.42 Å². The normalized spacial score (nSPS) is 15.4. The first-order valence-electron chi connectivity index (χ1n) is 6.78. The predicted octanol–water partition coefficient (Wildman–Crippen LogP) is 2.49. The van der Waals surface area contributed by atoms with Crippen LogP contribution in [-0.4, -0.2) is 26.2 Å². The number of nitrogens with one attached hydrogen (secondary N) is 1. The Morgan fingerprint density at radius 2 is 1.79 bits per heavy atom. The van der Waals surface area contributed by atoms with Gasteiger partial charge in [0.05, 0.1) is 0 Å². The van der Waals surface area contributed by atoms with Gasteiger partial charge in [0, 0.05) is 43.2 Å². The van der Waals surface area contributed by atoms with Crippen LogP contribution >= 0.6 is 12.6 Å². The van der Waals surface area contributed by atoms with Crippen LogP contribution in [0.15, 0.2) is 4.90 Å². The van der Waals surface area contributed by atoms with E-state index >= 15 is 0 Å². The fraction of sp³-hybridized carbons (Fsp3) is 0.500. The molecule has 1 aromatic carbocycles. The van der Waals surface area contributed by atoms with Crippen LogP contribution in [0.4, 0.5) is 5.69 Å². The highest BCUT2D eigenvalue weighted by atomic mass is 32.1. The van der Waals surface area contributed by atoms with Crippen molar-refractivity contribution >= 4 is 18.3 Å². The minimum absolute atomic E-state index is 0.685. The van der Waals surface area contributed by atoms with Gasteiger partial charge in [-0.3, -0.25) is 0 Å². The SMILES string of the molecule is C#CCc1c(C)c(S)c(C)c(N2CCNCC2)c1C. The highest BCUT2D eigenvalue weighted by Crippen LogP contribution is 2.36. The molecule has 0 radical (unpaired) electrons. The molecule has 0 bridgehead atoms. The number of terminal acetylenes is 1. The van der Waals surface area contributed by atoms with Gasteiger partial charge in [-0.15, -0.1) is 25.0 Å². The van der Waals surface area contributed by atoms with Crippen molar-refractivity contribution in [1.29, 1.82) is 0 Å². The number of hydrogen-bond donors (Lipinski definition) is 2. The molecule has 2 nitrogen and oxygen atoms in total. The standard InChI is InChI=1S/C16H22N2S/c1-5-6-14-11(2)15(13(4)16(19)12(14)3)18-9-7-17-8-10-18/h1,17,19H,6-10H2,2-4H3. The maximum absolute atomic E-state index is 5.52. The molecule has 3 heteroatoms. The van der Waals surface area contributed by atoms with E-state index in [1.165, 1.54) is 27.9 Å². The van der Waals surface area contributed by atoms with Crippen molar-refractivity contribution in [3.05, 3.63) is 22.3 Å². The lowest BCUT2D eigenvalue weighted by molar-refractivity contribution is 0.587. The average molecular weight is 274 g/mol. The molecule has 1 N–H and O–H groups in total. The van der Waals surface area contributed by atoms with Crippen molar-refractivity contribution in [3.8, 4) is 12.3 Å². The largest absolute Gasteiger partial charge is 0.369 e. The summed E-state index contributed by atoms with van der Waals surface area (Å²) in [4.78, 5) is 3.55. The van der Waals surface area contributed by atoms with E-state index in [0.717, 1.165) is 31.1 Å². The number of nitrogens with zero attached hydrogens (tertiary/aromatic N) is 1. The molecule has 1 aliphatic rings. The average Bonchev–Trinajstić information content (AvgIpc) is 2.43. The third-order valence-electron chi connectivity index (χ3n) is 4.04. The van der Waals surface area contributed by atoms with Gasteiger partial charge in [0.2, 0.25) is 0 Å². The Morgan fingerprint density at radius 1 is 1.16 bits per heavy atom. The summed E-state index contributed by atoms with van der Waals surface area (Å²) in [7, 11) is 0. The number of rotatable bonds is 2. The third-order valence-corrected chi connectivity index (χ3v) is 4.71. The van der Waals surface area contributed by atoms with Crippen LogP contribution < -0.4 is 10.2 Å². The summed E-state index contributed by atoms with van der Waals surface area (Å²) < 4.78 is 0. The van der Waals surface area contributed by atoms with Crippen molar-refractivity contribution in [2.75, 3.05) is 31.1 Å². The first-order valence-corrected chi connectivity index (χ1v) is 7.23. The molecular weight excluding hydrogens is 252 g/mol. The summed E-state index contributed by atoms with van der Waals surface area (Å²) >= 11 is 4.70. The molecule has 1 aromatic rings. The molecule has 0 unspecified atom stereocenters. The van der Waals surface area contributed by atoms with Crippen LogP contribution in [0.3, 0.4) is 0 Å². The smallest absolute Gasteiger partial charge is 0.0441 e. The Morgan fingerprint density at radius 3 is 2.37 bits per heavy atom. The van der Waals surface area contributed by atoms with Gasteiger partial charge in [-0.05, 0) is 43.0 Å². The first-order chi connectivity index (χ1) is 9.07. The molecule has 0 aromatic heterocycles. The van der Waals surface area contributed by atoms with E-state index in [1.807, 2.05) is 0 Å². The fourth-order valence-electron chi connectivity index (χ4n) is 2.97. The van der Waals surface area contributed by atoms with Crippen molar-refractivity contribution in [2.45, 2.75) is 32.1 Å². The number of anilines is 1. The highest BCUT2D eigenvalue weighted by Gasteiger charge is 2.20. The van der Waals surface area contributed by atoms with Crippen LogP contribution in [0.25, 0.3) is 0 Å². The molecule has 1 saturated heterocycles. The number of thiol groups is 1. The quantitative estimate of drug-likeness (QED) is 0.636. The molecule has 0 saturated carbocycles. The van der Waals surface area contributed by atoms with E-state index < -0.39 is 0 Å². The lowest BCUT2D eigenvalue weighted by Crippen LogP contribution is -2.44. The Bertz CT molecular complexity index is 523. The summed E-state index contributed by atoms with van der Waals surface area (Å²) in [6.07, 6.45) is 6.20. The lowest BCUT2D eigenvalue weighted by Gasteiger charge is -2.34. The molecular formula is C16H22N2S. The monoisotopic (exact) mass is 274 g/mol. The predicted molar refractivity (Wildman–Crippen MR) is 85.5 cm³/mol. The maximum Gasteiger partial charge on any atom is 0.0441 e.